The van der Waals surface area contributed by atoms with E-state index in [9.17, 15) is 9.59 Å². The van der Waals surface area contributed by atoms with Crippen LogP contribution in [0.1, 0.15) is 16.8 Å². The van der Waals surface area contributed by atoms with Crippen LogP contribution < -0.4 is 15.2 Å². The summed E-state index contributed by atoms with van der Waals surface area (Å²) < 4.78 is 15.7. The van der Waals surface area contributed by atoms with Crippen molar-refractivity contribution in [3.05, 3.63) is 23.8 Å². The molecule has 8 heteroatoms. The molecule has 0 aliphatic carbocycles. The Morgan fingerprint density at radius 2 is 1.84 bits per heavy atom. The minimum atomic E-state index is -0.263. The van der Waals surface area contributed by atoms with Crippen molar-refractivity contribution >= 4 is 11.8 Å². The van der Waals surface area contributed by atoms with Gasteiger partial charge in [-0.3, -0.25) is 9.59 Å². The maximum atomic E-state index is 12.6. The molecule has 1 aromatic rings. The number of nitrogens with zero attached hydrogens (tertiary/aromatic N) is 2. The van der Waals surface area contributed by atoms with E-state index in [1.165, 1.54) is 0 Å². The number of ether oxygens (including phenoxy) is 3. The number of rotatable bonds is 5. The molecular formula is C17H23N3O5. The molecule has 0 spiro atoms. The van der Waals surface area contributed by atoms with E-state index in [1.807, 2.05) is 0 Å². The highest BCUT2D eigenvalue weighted by Crippen LogP contribution is 2.32. The zero-order chi connectivity index (χ0) is 17.8. The molecule has 1 saturated heterocycles. The summed E-state index contributed by atoms with van der Waals surface area (Å²) in [5, 5.41) is 0. The zero-order valence-corrected chi connectivity index (χ0v) is 14.3. The zero-order valence-electron chi connectivity index (χ0n) is 14.3. The Morgan fingerprint density at radius 1 is 1.16 bits per heavy atom. The number of hydrogen-bond acceptors (Lipinski definition) is 6. The maximum Gasteiger partial charge on any atom is 0.254 e. The van der Waals surface area contributed by atoms with Crippen molar-refractivity contribution in [2.24, 2.45) is 5.73 Å². The molecule has 25 heavy (non-hydrogen) atoms. The van der Waals surface area contributed by atoms with Crippen molar-refractivity contribution in [2.45, 2.75) is 12.5 Å². The highest BCUT2D eigenvalue weighted by Gasteiger charge is 2.27. The second-order valence-corrected chi connectivity index (χ2v) is 6.04. The second kappa shape index (κ2) is 7.71. The van der Waals surface area contributed by atoms with Crippen molar-refractivity contribution in [1.29, 1.82) is 0 Å². The summed E-state index contributed by atoms with van der Waals surface area (Å²) in [4.78, 5) is 28.4. The molecule has 3 rings (SSSR count). The van der Waals surface area contributed by atoms with Crippen molar-refractivity contribution in [1.82, 2.24) is 9.80 Å². The summed E-state index contributed by atoms with van der Waals surface area (Å²) in [6.45, 7) is 2.51. The first-order valence-corrected chi connectivity index (χ1v) is 8.32. The fourth-order valence-electron chi connectivity index (χ4n) is 2.96. The molecule has 1 unspecified atom stereocenters. The Bertz CT molecular complexity index is 639. The molecule has 2 heterocycles. The molecule has 1 aromatic carbocycles. The van der Waals surface area contributed by atoms with Gasteiger partial charge in [-0.2, -0.15) is 0 Å². The van der Waals surface area contributed by atoms with Gasteiger partial charge in [0, 0.05) is 45.4 Å². The van der Waals surface area contributed by atoms with Gasteiger partial charge in [-0.25, -0.2) is 0 Å². The van der Waals surface area contributed by atoms with Crippen molar-refractivity contribution in [3.8, 4) is 11.5 Å². The van der Waals surface area contributed by atoms with E-state index in [2.05, 4.69) is 0 Å². The third kappa shape index (κ3) is 3.85. The average molecular weight is 349 g/mol. The number of carbonyl (C=O) groups excluding carboxylic acids is 2. The highest BCUT2D eigenvalue weighted by atomic mass is 16.7. The van der Waals surface area contributed by atoms with E-state index in [1.54, 1.807) is 35.1 Å². The Kier molecular flexibility index (Phi) is 5.40. The summed E-state index contributed by atoms with van der Waals surface area (Å²) in [6, 6.07) is 5.18. The van der Waals surface area contributed by atoms with E-state index >= 15 is 0 Å². The van der Waals surface area contributed by atoms with E-state index in [0.717, 1.165) is 0 Å². The van der Waals surface area contributed by atoms with Crippen LogP contribution in [0.3, 0.4) is 0 Å². The number of nitrogens with two attached hydrogens (primary N) is 1. The van der Waals surface area contributed by atoms with Crippen LogP contribution in [-0.4, -0.2) is 74.3 Å². The molecule has 0 bridgehead atoms. The predicted molar refractivity (Wildman–Crippen MR) is 89.5 cm³/mol. The van der Waals surface area contributed by atoms with Crippen LogP contribution in [0.25, 0.3) is 0 Å². The van der Waals surface area contributed by atoms with Crippen LogP contribution in [0.5, 0.6) is 11.5 Å². The minimum absolute atomic E-state index is 0.00692. The highest BCUT2D eigenvalue weighted by molar-refractivity contribution is 5.95. The molecule has 136 valence electrons. The van der Waals surface area contributed by atoms with Gasteiger partial charge in [-0.1, -0.05) is 0 Å². The lowest BCUT2D eigenvalue weighted by Crippen LogP contribution is -2.51. The normalized spacial score (nSPS) is 17.5. The first kappa shape index (κ1) is 17.5. The molecular weight excluding hydrogens is 326 g/mol. The molecule has 1 atom stereocenters. The molecule has 0 aromatic heterocycles. The second-order valence-electron chi connectivity index (χ2n) is 6.04. The molecule has 0 radical (unpaired) electrons. The first-order valence-electron chi connectivity index (χ1n) is 8.32. The van der Waals surface area contributed by atoms with Gasteiger partial charge in [0.25, 0.3) is 5.91 Å². The first-order chi connectivity index (χ1) is 12.1. The van der Waals surface area contributed by atoms with E-state index in [0.29, 0.717) is 49.8 Å². The molecule has 2 aliphatic rings. The number of hydrogen-bond donors (Lipinski definition) is 1. The summed E-state index contributed by atoms with van der Waals surface area (Å²) in [5.74, 6) is 1.18. The number of methoxy groups -OCH3 is 1. The third-order valence-electron chi connectivity index (χ3n) is 4.54. The van der Waals surface area contributed by atoms with Gasteiger partial charge in [0.1, 0.15) is 0 Å². The van der Waals surface area contributed by atoms with Gasteiger partial charge in [-0.05, 0) is 18.2 Å². The average Bonchev–Trinajstić information content (AvgIpc) is 3.13. The fourth-order valence-corrected chi connectivity index (χ4v) is 2.96. The minimum Gasteiger partial charge on any atom is -0.454 e. The van der Waals surface area contributed by atoms with Crippen molar-refractivity contribution in [2.75, 3.05) is 46.6 Å². The van der Waals surface area contributed by atoms with Crippen molar-refractivity contribution in [3.63, 3.8) is 0 Å². The number of amides is 2. The van der Waals surface area contributed by atoms with E-state index in [4.69, 9.17) is 19.9 Å². The fraction of sp³-hybridized carbons (Fsp3) is 0.529. The van der Waals surface area contributed by atoms with Gasteiger partial charge in [0.15, 0.2) is 11.5 Å². The van der Waals surface area contributed by atoms with Gasteiger partial charge in [0.05, 0.1) is 12.5 Å². The largest absolute Gasteiger partial charge is 0.454 e. The Labute approximate surface area is 146 Å². The Hall–Kier alpha value is -2.32. The third-order valence-corrected chi connectivity index (χ3v) is 4.54. The maximum absolute atomic E-state index is 12.6. The van der Waals surface area contributed by atoms with Crippen LogP contribution in [0, 0.1) is 0 Å². The van der Waals surface area contributed by atoms with E-state index in [-0.39, 0.29) is 31.1 Å². The lowest BCUT2D eigenvalue weighted by molar-refractivity contribution is -0.135. The van der Waals surface area contributed by atoms with Gasteiger partial charge < -0.3 is 29.7 Å². The van der Waals surface area contributed by atoms with Crippen LogP contribution in [0.2, 0.25) is 0 Å². The summed E-state index contributed by atoms with van der Waals surface area (Å²) >= 11 is 0. The van der Waals surface area contributed by atoms with Gasteiger partial charge >= 0.3 is 0 Å². The Balaban J connectivity index is 1.55. The summed E-state index contributed by atoms with van der Waals surface area (Å²) in [5.41, 5.74) is 6.12. The lowest BCUT2D eigenvalue weighted by atomic mass is 10.1. The molecule has 2 N–H and O–H groups in total. The quantitative estimate of drug-likeness (QED) is 0.808. The molecule has 2 amide bonds. The number of benzene rings is 1. The number of fused-ring (bicyclic) bond motifs is 1. The van der Waals surface area contributed by atoms with Gasteiger partial charge in [0.2, 0.25) is 12.7 Å². The molecule has 0 saturated carbocycles. The molecule has 2 aliphatic heterocycles. The number of carbonyl (C=O) groups is 2. The van der Waals surface area contributed by atoms with E-state index < -0.39 is 0 Å². The molecule has 8 nitrogen and oxygen atoms in total. The predicted octanol–water partition coefficient (Wildman–Crippen LogP) is 0.0635. The number of piperazine rings is 1. The summed E-state index contributed by atoms with van der Waals surface area (Å²) in [7, 11) is 1.55. The van der Waals surface area contributed by atoms with Gasteiger partial charge in [-0.15, -0.1) is 0 Å². The van der Waals surface area contributed by atoms with Crippen LogP contribution in [0.4, 0.5) is 0 Å². The van der Waals surface area contributed by atoms with Crippen molar-refractivity contribution < 1.29 is 23.8 Å². The lowest BCUT2D eigenvalue weighted by Gasteiger charge is -2.35. The smallest absolute Gasteiger partial charge is 0.254 e. The topological polar surface area (TPSA) is 94.3 Å². The van der Waals surface area contributed by atoms with Crippen LogP contribution in [0.15, 0.2) is 18.2 Å². The molecule has 1 fully saturated rings. The Morgan fingerprint density at radius 3 is 2.52 bits per heavy atom. The van der Waals surface area contributed by atoms with Crippen LogP contribution in [-0.2, 0) is 9.53 Å². The summed E-state index contributed by atoms with van der Waals surface area (Å²) in [6.07, 6.45) is 0.00382. The SMILES string of the molecule is COC(CN)CC(=O)N1CCN(C(=O)c2ccc3c(c2)OCO3)CC1. The standard InChI is InChI=1S/C17H23N3O5/c1-23-13(10-18)9-16(21)19-4-6-20(7-5-19)17(22)12-2-3-14-15(8-12)25-11-24-14/h2-3,8,13H,4-7,9-11,18H2,1H3. The van der Waals surface area contributed by atoms with Crippen LogP contribution >= 0.6 is 0 Å². The monoisotopic (exact) mass is 349 g/mol.